The molecule has 1 aliphatic rings. The Morgan fingerprint density at radius 3 is 2.53 bits per heavy atom. The fourth-order valence-corrected chi connectivity index (χ4v) is 2.58. The Kier molecular flexibility index (Phi) is 4.55. The Labute approximate surface area is 116 Å². The first-order valence-electron chi connectivity index (χ1n) is 5.98. The number of nitriles is 1. The van der Waals surface area contributed by atoms with Crippen LogP contribution >= 0.6 is 22.6 Å². The van der Waals surface area contributed by atoms with Crippen LogP contribution in [0.5, 0.6) is 0 Å². The quantitative estimate of drug-likeness (QED) is 0.607. The van der Waals surface area contributed by atoms with E-state index in [9.17, 15) is 0 Å². The van der Waals surface area contributed by atoms with Crippen LogP contribution in [-0.4, -0.2) is 5.71 Å². The highest BCUT2D eigenvalue weighted by atomic mass is 127. The summed E-state index contributed by atoms with van der Waals surface area (Å²) in [6, 6.07) is 10.6. The van der Waals surface area contributed by atoms with E-state index in [1.165, 1.54) is 22.0 Å². The molecule has 0 heterocycles. The topological polar surface area (TPSA) is 36.1 Å². The summed E-state index contributed by atoms with van der Waals surface area (Å²) < 4.78 is 1.23. The average Bonchev–Trinajstić information content (AvgIpc) is 2.86. The van der Waals surface area contributed by atoms with Gasteiger partial charge in [0.05, 0.1) is 6.54 Å². The van der Waals surface area contributed by atoms with Gasteiger partial charge in [-0.05, 0) is 53.1 Å². The standard InChI is InChI=1S/C14H15IN2/c15-13-7-5-11(6-8-13)10-17-14(9-16)12-3-1-2-4-12/h5-8,12H,1-4,10H2. The Bertz CT molecular complexity index is 436. The van der Waals surface area contributed by atoms with Crippen molar-refractivity contribution in [1.29, 1.82) is 5.26 Å². The Balaban J connectivity index is 2.02. The molecule has 0 N–H and O–H groups in total. The van der Waals surface area contributed by atoms with Crippen molar-refractivity contribution in [2.45, 2.75) is 32.2 Å². The molecule has 0 amide bonds. The lowest BCUT2D eigenvalue weighted by Gasteiger charge is -2.05. The lowest BCUT2D eigenvalue weighted by atomic mass is 10.0. The Morgan fingerprint density at radius 2 is 1.94 bits per heavy atom. The molecule has 2 nitrogen and oxygen atoms in total. The number of hydrogen-bond donors (Lipinski definition) is 0. The summed E-state index contributed by atoms with van der Waals surface area (Å²) in [6.07, 6.45) is 4.77. The van der Waals surface area contributed by atoms with Crippen molar-refractivity contribution in [3.63, 3.8) is 0 Å². The van der Waals surface area contributed by atoms with E-state index in [0.717, 1.165) is 18.6 Å². The summed E-state index contributed by atoms with van der Waals surface area (Å²) in [5.74, 6) is 0.420. The van der Waals surface area contributed by atoms with E-state index in [-0.39, 0.29) is 0 Å². The first-order valence-corrected chi connectivity index (χ1v) is 7.06. The number of halogens is 1. The molecule has 0 aromatic heterocycles. The van der Waals surface area contributed by atoms with Gasteiger partial charge in [-0.2, -0.15) is 5.26 Å². The zero-order valence-electron chi connectivity index (χ0n) is 9.69. The molecule has 0 aliphatic heterocycles. The zero-order chi connectivity index (χ0) is 12.1. The van der Waals surface area contributed by atoms with Crippen molar-refractivity contribution in [2.75, 3.05) is 0 Å². The molecule has 0 atom stereocenters. The molecule has 1 aliphatic carbocycles. The molecule has 1 aromatic carbocycles. The molecule has 2 rings (SSSR count). The van der Waals surface area contributed by atoms with E-state index in [4.69, 9.17) is 5.26 Å². The van der Waals surface area contributed by atoms with Crippen molar-refractivity contribution in [1.82, 2.24) is 0 Å². The molecular formula is C14H15IN2. The van der Waals surface area contributed by atoms with Gasteiger partial charge in [-0.3, -0.25) is 4.99 Å². The van der Waals surface area contributed by atoms with Gasteiger partial charge in [0.2, 0.25) is 0 Å². The first kappa shape index (κ1) is 12.6. The minimum absolute atomic E-state index is 0.420. The highest BCUT2D eigenvalue weighted by molar-refractivity contribution is 14.1. The fourth-order valence-electron chi connectivity index (χ4n) is 2.22. The minimum atomic E-state index is 0.420. The smallest absolute Gasteiger partial charge is 0.115 e. The van der Waals surface area contributed by atoms with E-state index >= 15 is 0 Å². The summed E-state index contributed by atoms with van der Waals surface area (Å²) >= 11 is 2.29. The maximum absolute atomic E-state index is 9.13. The zero-order valence-corrected chi connectivity index (χ0v) is 11.9. The van der Waals surface area contributed by atoms with Gasteiger partial charge in [-0.25, -0.2) is 0 Å². The second-order valence-corrected chi connectivity index (χ2v) is 5.67. The second-order valence-electron chi connectivity index (χ2n) is 4.42. The third kappa shape index (κ3) is 3.53. The molecule has 0 radical (unpaired) electrons. The predicted octanol–water partition coefficient (Wildman–Crippen LogP) is 3.95. The van der Waals surface area contributed by atoms with Crippen molar-refractivity contribution >= 4 is 28.3 Å². The summed E-state index contributed by atoms with van der Waals surface area (Å²) in [4.78, 5) is 4.48. The molecule has 1 aromatic rings. The lowest BCUT2D eigenvalue weighted by molar-refractivity contribution is 0.727. The van der Waals surface area contributed by atoms with Crippen LogP contribution < -0.4 is 0 Å². The molecular weight excluding hydrogens is 323 g/mol. The highest BCUT2D eigenvalue weighted by Gasteiger charge is 2.20. The van der Waals surface area contributed by atoms with Crippen LogP contribution in [0.3, 0.4) is 0 Å². The maximum atomic E-state index is 9.13. The van der Waals surface area contributed by atoms with Gasteiger partial charge in [0.25, 0.3) is 0 Å². The summed E-state index contributed by atoms with van der Waals surface area (Å²) in [6.45, 7) is 0.635. The lowest BCUT2D eigenvalue weighted by Crippen LogP contribution is -2.08. The number of rotatable bonds is 3. The number of benzene rings is 1. The monoisotopic (exact) mass is 338 g/mol. The van der Waals surface area contributed by atoms with Crippen LogP contribution in [0.25, 0.3) is 0 Å². The molecule has 0 saturated heterocycles. The van der Waals surface area contributed by atoms with Gasteiger partial charge in [0.1, 0.15) is 11.8 Å². The van der Waals surface area contributed by atoms with Gasteiger partial charge in [-0.1, -0.05) is 25.0 Å². The number of nitrogens with zero attached hydrogens (tertiary/aromatic N) is 2. The number of aliphatic imine (C=N–C) groups is 1. The largest absolute Gasteiger partial charge is 0.274 e. The van der Waals surface area contributed by atoms with Crippen LogP contribution in [0.1, 0.15) is 31.2 Å². The normalized spacial score (nSPS) is 17.1. The maximum Gasteiger partial charge on any atom is 0.115 e. The number of hydrogen-bond acceptors (Lipinski definition) is 2. The van der Waals surface area contributed by atoms with Crippen molar-refractivity contribution < 1.29 is 0 Å². The van der Waals surface area contributed by atoms with Gasteiger partial charge < -0.3 is 0 Å². The molecule has 17 heavy (non-hydrogen) atoms. The third-order valence-electron chi connectivity index (χ3n) is 3.20. The van der Waals surface area contributed by atoms with E-state index in [0.29, 0.717) is 12.5 Å². The minimum Gasteiger partial charge on any atom is -0.274 e. The van der Waals surface area contributed by atoms with Gasteiger partial charge in [-0.15, -0.1) is 0 Å². The molecule has 0 bridgehead atoms. The molecule has 88 valence electrons. The Hall–Kier alpha value is -0.890. The third-order valence-corrected chi connectivity index (χ3v) is 3.92. The average molecular weight is 338 g/mol. The van der Waals surface area contributed by atoms with Gasteiger partial charge in [0, 0.05) is 9.49 Å². The summed E-state index contributed by atoms with van der Waals surface area (Å²) in [5, 5.41) is 9.13. The van der Waals surface area contributed by atoms with E-state index in [1.807, 2.05) is 0 Å². The van der Waals surface area contributed by atoms with Crippen molar-refractivity contribution in [3.05, 3.63) is 33.4 Å². The predicted molar refractivity (Wildman–Crippen MR) is 77.9 cm³/mol. The highest BCUT2D eigenvalue weighted by Crippen LogP contribution is 2.26. The van der Waals surface area contributed by atoms with Crippen molar-refractivity contribution in [3.8, 4) is 6.07 Å². The van der Waals surface area contributed by atoms with E-state index in [2.05, 4.69) is 57.9 Å². The summed E-state index contributed by atoms with van der Waals surface area (Å²) in [5.41, 5.74) is 1.93. The SMILES string of the molecule is N#CC(=NCc1ccc(I)cc1)C1CCCC1. The molecule has 0 spiro atoms. The summed E-state index contributed by atoms with van der Waals surface area (Å²) in [7, 11) is 0. The van der Waals surface area contributed by atoms with Crippen LogP contribution in [0.2, 0.25) is 0 Å². The van der Waals surface area contributed by atoms with Crippen LogP contribution in [0.4, 0.5) is 0 Å². The van der Waals surface area contributed by atoms with Crippen molar-refractivity contribution in [2.24, 2.45) is 10.9 Å². The molecule has 3 heteroatoms. The van der Waals surface area contributed by atoms with Gasteiger partial charge in [0.15, 0.2) is 0 Å². The van der Waals surface area contributed by atoms with Crippen LogP contribution in [0, 0.1) is 20.8 Å². The van der Waals surface area contributed by atoms with Gasteiger partial charge >= 0.3 is 0 Å². The first-order chi connectivity index (χ1) is 8.29. The van der Waals surface area contributed by atoms with E-state index in [1.54, 1.807) is 0 Å². The Morgan fingerprint density at radius 1 is 1.29 bits per heavy atom. The van der Waals surface area contributed by atoms with E-state index < -0.39 is 0 Å². The second kappa shape index (κ2) is 6.15. The van der Waals surface area contributed by atoms with Crippen LogP contribution in [-0.2, 0) is 6.54 Å². The molecule has 1 saturated carbocycles. The molecule has 1 fully saturated rings. The molecule has 0 unspecified atom stereocenters. The van der Waals surface area contributed by atoms with Crippen LogP contribution in [0.15, 0.2) is 29.3 Å². The fraction of sp³-hybridized carbons (Fsp3) is 0.429.